The van der Waals surface area contributed by atoms with Crippen LogP contribution in [-0.4, -0.2) is 3.21 Å². The van der Waals surface area contributed by atoms with Crippen LogP contribution >= 0.6 is 0 Å². The number of allylic oxidation sites excluding steroid dienone is 4. The fourth-order valence-electron chi connectivity index (χ4n) is 6.47. The molecule has 41 heavy (non-hydrogen) atoms. The van der Waals surface area contributed by atoms with Gasteiger partial charge in [-0.3, -0.25) is 0 Å². The van der Waals surface area contributed by atoms with Crippen molar-refractivity contribution in [3.63, 3.8) is 0 Å². The second-order valence-electron chi connectivity index (χ2n) is 13.1. The normalized spacial score (nSPS) is 18.4. The average Bonchev–Trinajstić information content (AvgIpc) is 3.60. The molecule has 7 rings (SSSR count). The number of rotatable bonds is 0. The Morgan fingerprint density at radius 3 is 1.78 bits per heavy atom. The first-order chi connectivity index (χ1) is 18.6. The van der Waals surface area contributed by atoms with Crippen LogP contribution in [0.1, 0.15) is 113 Å². The first kappa shape index (κ1) is 34.0. The second kappa shape index (κ2) is 13.8. The Hall–Kier alpha value is -1.53. The Balaban J connectivity index is 0.000000275. The molecule has 0 radical (unpaired) electrons. The third-order valence-electron chi connectivity index (χ3n) is 9.11. The zero-order valence-electron chi connectivity index (χ0n) is 25.6. The predicted molar refractivity (Wildman–Crippen MR) is 167 cm³/mol. The van der Waals surface area contributed by atoms with Gasteiger partial charge in [-0.15, -0.1) is 12.5 Å². The molecule has 0 saturated heterocycles. The van der Waals surface area contributed by atoms with Gasteiger partial charge in [0.15, 0.2) is 0 Å². The Morgan fingerprint density at radius 1 is 0.707 bits per heavy atom. The summed E-state index contributed by atoms with van der Waals surface area (Å²) in [5.74, 6) is 0. The van der Waals surface area contributed by atoms with Crippen LogP contribution in [0.3, 0.4) is 0 Å². The van der Waals surface area contributed by atoms with Gasteiger partial charge in [0.05, 0.1) is 0 Å². The molecule has 0 aliphatic heterocycles. The monoisotopic (exact) mass is 660 g/mol. The molecule has 0 unspecified atom stereocenters. The number of hydrogen-bond donors (Lipinski definition) is 0. The Morgan fingerprint density at radius 2 is 1.27 bits per heavy atom. The van der Waals surface area contributed by atoms with E-state index < -0.39 is 0 Å². The van der Waals surface area contributed by atoms with E-state index in [4.69, 9.17) is 0 Å². The Labute approximate surface area is 276 Å². The van der Waals surface area contributed by atoms with Crippen molar-refractivity contribution in [1.82, 2.24) is 0 Å². The summed E-state index contributed by atoms with van der Waals surface area (Å²) in [6.07, 6.45) is 16.6. The van der Waals surface area contributed by atoms with Crippen molar-refractivity contribution in [2.45, 2.75) is 97.3 Å². The van der Waals surface area contributed by atoms with E-state index in [0.717, 1.165) is 12.8 Å². The summed E-state index contributed by atoms with van der Waals surface area (Å²) in [7, 11) is 0. The van der Waals surface area contributed by atoms with Crippen molar-refractivity contribution < 1.29 is 49.0 Å². The van der Waals surface area contributed by atoms with Gasteiger partial charge < -0.3 is 24.8 Å². The minimum absolute atomic E-state index is 0. The van der Waals surface area contributed by atoms with E-state index in [9.17, 15) is 0 Å². The molecule has 3 aromatic rings. The first-order valence-corrected chi connectivity index (χ1v) is 16.1. The molecule has 1 saturated carbocycles. The summed E-state index contributed by atoms with van der Waals surface area (Å²) >= 11 is 1.69. The molecule has 4 aliphatic rings. The zero-order chi connectivity index (χ0) is 27.8. The van der Waals surface area contributed by atoms with Gasteiger partial charge in [-0.25, -0.2) is 24.6 Å². The molecule has 3 heteroatoms. The standard InChI is InChI=1S/C27H29.C6H10.C5H5.2ClH.Zr/c1-16-7-9-26(3,4)24-12-18-11-19-13-25-21(17(2)8-10-27(25,5)6)15-23(19)22(18)14-20(16)24;1-2-4-6-5-3-1;1-2-4-5-3-1;;;/h7-9,12-15H,10-11H2,1-6H3;1-5H2;1-5H;2*1H;/q-1;;-1;;;+2/p-2. The molecule has 0 atom stereocenters. The van der Waals surface area contributed by atoms with Crippen LogP contribution in [0.15, 0.2) is 66.7 Å². The summed E-state index contributed by atoms with van der Waals surface area (Å²) in [6, 6.07) is 20.0. The van der Waals surface area contributed by atoms with Crippen molar-refractivity contribution in [3.8, 4) is 11.1 Å². The molecular formula is C38H44Cl2Zr-2. The summed E-state index contributed by atoms with van der Waals surface area (Å²) in [5.41, 5.74) is 15.0. The van der Waals surface area contributed by atoms with Crippen LogP contribution < -0.4 is 24.8 Å². The SMILES string of the molecule is CC1=C[CH-]C(C)(C)c2cc3c(cc21)-c1cc2c(cc1C3)C(C)(C)CC=C2C.[Cl-].[Cl-].[Zr+2]=[C]1CCCCC1.c1cc[cH-]c1. The fourth-order valence-corrected chi connectivity index (χ4v) is 7.34. The van der Waals surface area contributed by atoms with E-state index in [-0.39, 0.29) is 35.6 Å². The van der Waals surface area contributed by atoms with Gasteiger partial charge in [0.1, 0.15) is 0 Å². The predicted octanol–water partition coefficient (Wildman–Crippen LogP) is 4.32. The smallest absolute Gasteiger partial charge is 0.172 e. The van der Waals surface area contributed by atoms with E-state index in [0.29, 0.717) is 0 Å². The molecule has 0 N–H and O–H groups in total. The van der Waals surface area contributed by atoms with Crippen molar-refractivity contribution in [2.24, 2.45) is 0 Å². The molecule has 0 heterocycles. The molecular weight excluding hydrogens is 619 g/mol. The molecule has 1 fully saturated rings. The van der Waals surface area contributed by atoms with Gasteiger partial charge in [0.2, 0.25) is 0 Å². The summed E-state index contributed by atoms with van der Waals surface area (Å²) in [5, 5.41) is 0. The molecule has 3 aromatic carbocycles. The van der Waals surface area contributed by atoms with Gasteiger partial charge in [0.25, 0.3) is 0 Å². The van der Waals surface area contributed by atoms with Gasteiger partial charge in [-0.1, -0.05) is 62.9 Å². The number of fused-ring (bicyclic) bond motifs is 5. The van der Waals surface area contributed by atoms with Crippen molar-refractivity contribution in [3.05, 3.63) is 107 Å². The Kier molecular flexibility index (Phi) is 11.5. The van der Waals surface area contributed by atoms with Crippen molar-refractivity contribution in [2.75, 3.05) is 0 Å². The number of halogens is 2. The molecule has 0 amide bonds. The van der Waals surface area contributed by atoms with Crippen LogP contribution in [0.25, 0.3) is 22.3 Å². The molecule has 0 bridgehead atoms. The average molecular weight is 663 g/mol. The molecule has 0 aromatic heterocycles. The minimum Gasteiger partial charge on any atom is -0.214 e. The van der Waals surface area contributed by atoms with Crippen LogP contribution in [0.4, 0.5) is 0 Å². The summed E-state index contributed by atoms with van der Waals surface area (Å²) < 4.78 is 1.80. The molecule has 4 aliphatic carbocycles. The molecule has 216 valence electrons. The van der Waals surface area contributed by atoms with E-state index in [1.807, 2.05) is 30.3 Å². The molecule has 0 spiro atoms. The van der Waals surface area contributed by atoms with E-state index in [1.165, 1.54) is 87.8 Å². The number of benzene rings is 2. The largest absolute Gasteiger partial charge is 0.214 e. The van der Waals surface area contributed by atoms with E-state index >= 15 is 0 Å². The number of hydrogen-bond acceptors (Lipinski definition) is 0. The third kappa shape index (κ3) is 7.35. The summed E-state index contributed by atoms with van der Waals surface area (Å²) in [6.45, 7) is 13.9. The Bertz CT molecular complexity index is 1320. The second-order valence-corrected chi connectivity index (χ2v) is 14.9. The van der Waals surface area contributed by atoms with Crippen molar-refractivity contribution >= 4 is 14.4 Å². The van der Waals surface area contributed by atoms with Crippen molar-refractivity contribution in [1.29, 1.82) is 0 Å². The van der Waals surface area contributed by atoms with Crippen LogP contribution in [-0.2, 0) is 41.5 Å². The van der Waals surface area contributed by atoms with Crippen LogP contribution in [0.2, 0.25) is 0 Å². The minimum atomic E-state index is 0. The quantitative estimate of drug-likeness (QED) is 0.246. The van der Waals surface area contributed by atoms with Crippen LogP contribution in [0, 0.1) is 6.42 Å². The maximum absolute atomic E-state index is 2.51. The fraction of sp³-hybridized carbons (Fsp3) is 0.395. The van der Waals surface area contributed by atoms with Gasteiger partial charge in [-0.05, 0) is 70.2 Å². The maximum Gasteiger partial charge on any atom is -0.172 e. The van der Waals surface area contributed by atoms with Gasteiger partial charge in [-0.2, -0.15) is 23.8 Å². The summed E-state index contributed by atoms with van der Waals surface area (Å²) in [4.78, 5) is 0. The van der Waals surface area contributed by atoms with Crippen LogP contribution in [0.5, 0.6) is 0 Å². The topological polar surface area (TPSA) is 0 Å². The third-order valence-corrected chi connectivity index (χ3v) is 10.3. The maximum atomic E-state index is 2.51. The zero-order valence-corrected chi connectivity index (χ0v) is 29.6. The molecule has 0 nitrogen and oxygen atoms in total. The van der Waals surface area contributed by atoms with E-state index in [2.05, 4.69) is 84.4 Å². The van der Waals surface area contributed by atoms with Gasteiger partial charge in [0, 0.05) is 0 Å². The van der Waals surface area contributed by atoms with E-state index in [1.54, 1.807) is 27.4 Å². The van der Waals surface area contributed by atoms with Gasteiger partial charge >= 0.3 is 59.5 Å². The first-order valence-electron chi connectivity index (χ1n) is 14.9.